The van der Waals surface area contributed by atoms with Gasteiger partial charge in [0.05, 0.1) is 19.1 Å². The van der Waals surface area contributed by atoms with Gasteiger partial charge in [-0.15, -0.1) is 0 Å². The lowest BCUT2D eigenvalue weighted by Gasteiger charge is -2.14. The molecular weight excluding hydrogens is 262 g/mol. The highest BCUT2D eigenvalue weighted by molar-refractivity contribution is 5.76. The van der Waals surface area contributed by atoms with Crippen LogP contribution < -0.4 is 10.1 Å². The largest absolute Gasteiger partial charge is 0.493 e. The first-order valence-corrected chi connectivity index (χ1v) is 7.19. The number of aryl methyl sites for hydroxylation is 1. The summed E-state index contributed by atoms with van der Waals surface area (Å²) < 4.78 is 5.56. The van der Waals surface area contributed by atoms with E-state index in [-0.39, 0.29) is 11.9 Å². The van der Waals surface area contributed by atoms with Crippen molar-refractivity contribution in [2.75, 3.05) is 6.61 Å². The van der Waals surface area contributed by atoms with Crippen LogP contribution in [0.5, 0.6) is 5.75 Å². The fraction of sp³-hybridized carbons (Fsp3) is 0.278. The molecule has 0 heterocycles. The zero-order chi connectivity index (χ0) is 15.1. The number of hydrogen-bond acceptors (Lipinski definition) is 2. The smallest absolute Gasteiger partial charge is 0.223 e. The lowest BCUT2D eigenvalue weighted by molar-refractivity contribution is -0.122. The molecule has 3 heteroatoms. The Morgan fingerprint density at radius 3 is 2.43 bits per heavy atom. The Labute approximate surface area is 126 Å². The summed E-state index contributed by atoms with van der Waals surface area (Å²) in [6.07, 6.45) is 0.352. The predicted octanol–water partition coefficient (Wildman–Crippen LogP) is 3.64. The number of carbonyl (C=O) groups is 1. The van der Waals surface area contributed by atoms with Gasteiger partial charge in [-0.05, 0) is 31.5 Å². The normalized spacial score (nSPS) is 11.7. The van der Waals surface area contributed by atoms with E-state index in [0.29, 0.717) is 13.0 Å². The molecule has 0 bridgehead atoms. The van der Waals surface area contributed by atoms with E-state index in [9.17, 15) is 4.79 Å². The van der Waals surface area contributed by atoms with Gasteiger partial charge in [0.2, 0.25) is 5.91 Å². The Bertz CT molecular complexity index is 564. The number of rotatable bonds is 6. The van der Waals surface area contributed by atoms with Crippen molar-refractivity contribution in [3.8, 4) is 5.75 Å². The van der Waals surface area contributed by atoms with E-state index in [0.717, 1.165) is 11.3 Å². The van der Waals surface area contributed by atoms with Crippen LogP contribution in [-0.2, 0) is 4.79 Å². The molecule has 0 saturated heterocycles. The summed E-state index contributed by atoms with van der Waals surface area (Å²) >= 11 is 0. The van der Waals surface area contributed by atoms with Crippen LogP contribution in [0.4, 0.5) is 0 Å². The lowest BCUT2D eigenvalue weighted by atomic mass is 10.1. The number of hydrogen-bond donors (Lipinski definition) is 1. The number of ether oxygens (including phenoxy) is 1. The van der Waals surface area contributed by atoms with Crippen molar-refractivity contribution < 1.29 is 9.53 Å². The monoisotopic (exact) mass is 283 g/mol. The summed E-state index contributed by atoms with van der Waals surface area (Å²) in [5, 5.41) is 2.97. The third-order valence-electron chi connectivity index (χ3n) is 3.30. The molecule has 1 N–H and O–H groups in total. The minimum atomic E-state index is -0.00142. The summed E-state index contributed by atoms with van der Waals surface area (Å²) in [4.78, 5) is 11.9. The molecule has 1 atom stereocenters. The zero-order valence-corrected chi connectivity index (χ0v) is 12.5. The molecule has 0 radical (unpaired) electrons. The molecule has 0 aliphatic carbocycles. The van der Waals surface area contributed by atoms with Gasteiger partial charge in [-0.25, -0.2) is 0 Å². The maximum absolute atomic E-state index is 11.9. The van der Waals surface area contributed by atoms with Crippen molar-refractivity contribution in [2.24, 2.45) is 0 Å². The van der Waals surface area contributed by atoms with Crippen LogP contribution in [0.25, 0.3) is 0 Å². The Balaban J connectivity index is 1.73. The molecule has 110 valence electrons. The van der Waals surface area contributed by atoms with Crippen molar-refractivity contribution in [3.05, 3.63) is 65.7 Å². The molecule has 0 aromatic heterocycles. The molecule has 2 aromatic rings. The van der Waals surface area contributed by atoms with Gasteiger partial charge in [0, 0.05) is 0 Å². The Kier molecular flexibility index (Phi) is 5.38. The second-order valence-electron chi connectivity index (χ2n) is 5.11. The molecule has 2 rings (SSSR count). The summed E-state index contributed by atoms with van der Waals surface area (Å²) in [7, 11) is 0. The highest BCUT2D eigenvalue weighted by Crippen LogP contribution is 2.13. The van der Waals surface area contributed by atoms with Gasteiger partial charge in [0.1, 0.15) is 5.75 Å². The van der Waals surface area contributed by atoms with Crippen LogP contribution in [0.2, 0.25) is 0 Å². The van der Waals surface area contributed by atoms with Crippen LogP contribution in [0, 0.1) is 6.92 Å². The number of carbonyl (C=O) groups excluding carboxylic acids is 1. The van der Waals surface area contributed by atoms with Crippen LogP contribution in [0.15, 0.2) is 54.6 Å². The van der Waals surface area contributed by atoms with Crippen LogP contribution in [0.1, 0.15) is 30.5 Å². The highest BCUT2D eigenvalue weighted by atomic mass is 16.5. The number of amides is 1. The second-order valence-corrected chi connectivity index (χ2v) is 5.11. The van der Waals surface area contributed by atoms with Gasteiger partial charge < -0.3 is 10.1 Å². The van der Waals surface area contributed by atoms with Gasteiger partial charge >= 0.3 is 0 Å². The van der Waals surface area contributed by atoms with Crippen molar-refractivity contribution in [1.82, 2.24) is 5.32 Å². The van der Waals surface area contributed by atoms with Gasteiger partial charge in [-0.1, -0.05) is 48.0 Å². The number of nitrogens with one attached hydrogen (secondary N) is 1. The van der Waals surface area contributed by atoms with Gasteiger partial charge in [0.25, 0.3) is 0 Å². The molecule has 0 fully saturated rings. The minimum Gasteiger partial charge on any atom is -0.493 e. The van der Waals surface area contributed by atoms with E-state index in [2.05, 4.69) is 5.32 Å². The van der Waals surface area contributed by atoms with Gasteiger partial charge in [0.15, 0.2) is 0 Å². The molecule has 21 heavy (non-hydrogen) atoms. The lowest BCUT2D eigenvalue weighted by Crippen LogP contribution is -2.27. The molecule has 0 aliphatic rings. The molecule has 0 unspecified atom stereocenters. The maximum atomic E-state index is 11.9. The van der Waals surface area contributed by atoms with Crippen LogP contribution in [-0.4, -0.2) is 12.5 Å². The highest BCUT2D eigenvalue weighted by Gasteiger charge is 2.09. The molecule has 0 saturated carbocycles. The van der Waals surface area contributed by atoms with E-state index in [1.54, 1.807) is 0 Å². The first-order valence-electron chi connectivity index (χ1n) is 7.19. The Hall–Kier alpha value is -2.29. The van der Waals surface area contributed by atoms with E-state index in [1.807, 2.05) is 68.4 Å². The second kappa shape index (κ2) is 7.48. The molecule has 0 spiro atoms. The summed E-state index contributed by atoms with van der Waals surface area (Å²) in [6.45, 7) is 4.40. The van der Waals surface area contributed by atoms with Crippen molar-refractivity contribution in [1.29, 1.82) is 0 Å². The Morgan fingerprint density at radius 1 is 1.10 bits per heavy atom. The minimum absolute atomic E-state index is 0.00142. The van der Waals surface area contributed by atoms with E-state index >= 15 is 0 Å². The first kappa shape index (κ1) is 15.1. The average Bonchev–Trinajstić information content (AvgIpc) is 2.50. The van der Waals surface area contributed by atoms with Crippen LogP contribution >= 0.6 is 0 Å². The summed E-state index contributed by atoms with van der Waals surface area (Å²) in [6, 6.07) is 17.8. The first-order chi connectivity index (χ1) is 10.1. The van der Waals surface area contributed by atoms with Crippen molar-refractivity contribution >= 4 is 5.91 Å². The van der Waals surface area contributed by atoms with Crippen molar-refractivity contribution in [2.45, 2.75) is 26.3 Å². The third kappa shape index (κ3) is 4.95. The van der Waals surface area contributed by atoms with Crippen molar-refractivity contribution in [3.63, 3.8) is 0 Å². The van der Waals surface area contributed by atoms with E-state index in [4.69, 9.17) is 4.74 Å². The zero-order valence-electron chi connectivity index (χ0n) is 12.5. The molecule has 2 aromatic carbocycles. The number of benzene rings is 2. The topological polar surface area (TPSA) is 38.3 Å². The standard InChI is InChI=1S/C18H21NO2/c1-14-8-10-17(11-9-14)21-13-12-18(20)19-15(2)16-6-4-3-5-7-16/h3-11,15H,12-13H2,1-2H3,(H,19,20)/t15-/m0/s1. The van der Waals surface area contributed by atoms with Gasteiger partial charge in [-0.3, -0.25) is 4.79 Å². The molecule has 3 nitrogen and oxygen atoms in total. The van der Waals surface area contributed by atoms with E-state index < -0.39 is 0 Å². The quantitative estimate of drug-likeness (QED) is 0.879. The third-order valence-corrected chi connectivity index (χ3v) is 3.30. The molecular formula is C18H21NO2. The average molecular weight is 283 g/mol. The van der Waals surface area contributed by atoms with Gasteiger partial charge in [-0.2, -0.15) is 0 Å². The van der Waals surface area contributed by atoms with Crippen LogP contribution in [0.3, 0.4) is 0 Å². The van der Waals surface area contributed by atoms with E-state index in [1.165, 1.54) is 5.56 Å². The predicted molar refractivity (Wildman–Crippen MR) is 84.3 cm³/mol. The fourth-order valence-electron chi connectivity index (χ4n) is 2.03. The fourth-order valence-corrected chi connectivity index (χ4v) is 2.03. The Morgan fingerprint density at radius 2 is 1.76 bits per heavy atom. The molecule has 1 amide bonds. The maximum Gasteiger partial charge on any atom is 0.223 e. The SMILES string of the molecule is Cc1ccc(OCCC(=O)N[C@@H](C)c2ccccc2)cc1. The summed E-state index contributed by atoms with van der Waals surface area (Å²) in [5.74, 6) is 0.794. The molecule has 0 aliphatic heterocycles. The summed E-state index contributed by atoms with van der Waals surface area (Å²) in [5.41, 5.74) is 2.29.